The van der Waals surface area contributed by atoms with E-state index in [9.17, 15) is 19.2 Å². The molecule has 0 unspecified atom stereocenters. The summed E-state index contributed by atoms with van der Waals surface area (Å²) in [7, 11) is 0. The predicted molar refractivity (Wildman–Crippen MR) is 103 cm³/mol. The fourth-order valence-corrected chi connectivity index (χ4v) is 7.66. The van der Waals surface area contributed by atoms with Crippen LogP contribution >= 0.6 is 0 Å². The number of halogens is 1. The molecule has 0 bridgehead atoms. The van der Waals surface area contributed by atoms with E-state index < -0.39 is 23.0 Å². The highest BCUT2D eigenvalue weighted by molar-refractivity contribution is 5.89. The van der Waals surface area contributed by atoms with E-state index >= 15 is 4.39 Å². The molecule has 0 aromatic heterocycles. The summed E-state index contributed by atoms with van der Waals surface area (Å²) in [5.74, 6) is -1.23. The van der Waals surface area contributed by atoms with E-state index in [-0.39, 0.29) is 60.0 Å². The quantitative estimate of drug-likeness (QED) is 0.671. The van der Waals surface area contributed by atoms with Crippen LogP contribution in [0.15, 0.2) is 0 Å². The number of Topliss-reactive ketones (excluding diaryl/α,β-unsaturated/α-hetero) is 3. The fraction of sp³-hybridized carbons (Fsp3) is 0.826. The van der Waals surface area contributed by atoms with Gasteiger partial charge in [-0.25, -0.2) is 4.39 Å². The van der Waals surface area contributed by atoms with E-state index in [1.165, 1.54) is 6.92 Å². The van der Waals surface area contributed by atoms with Crippen LogP contribution < -0.4 is 0 Å². The maximum atomic E-state index is 15.3. The number of esters is 1. The zero-order chi connectivity index (χ0) is 21.1. The lowest BCUT2D eigenvalue weighted by molar-refractivity contribution is -0.170. The Morgan fingerprint density at radius 1 is 1.14 bits per heavy atom. The Bertz CT molecular complexity index is 762. The number of hydrogen-bond donors (Lipinski definition) is 0. The lowest BCUT2D eigenvalue weighted by atomic mass is 9.44. The summed E-state index contributed by atoms with van der Waals surface area (Å²) in [6.07, 6.45) is 2.29. The van der Waals surface area contributed by atoms with Gasteiger partial charge in [-0.15, -0.1) is 0 Å². The molecule has 0 heterocycles. The first-order valence-corrected chi connectivity index (χ1v) is 10.9. The second kappa shape index (κ2) is 6.98. The number of fused-ring (bicyclic) bond motifs is 5. The third-order valence-corrected chi connectivity index (χ3v) is 8.94. The number of carbonyl (C=O) groups excluding carboxylic acids is 4. The summed E-state index contributed by atoms with van der Waals surface area (Å²) in [5, 5.41) is 0. The zero-order valence-corrected chi connectivity index (χ0v) is 17.5. The average molecular weight is 406 g/mol. The van der Waals surface area contributed by atoms with Crippen LogP contribution in [0.3, 0.4) is 0 Å². The third-order valence-electron chi connectivity index (χ3n) is 8.94. The van der Waals surface area contributed by atoms with E-state index in [2.05, 4.69) is 0 Å². The van der Waals surface area contributed by atoms with Gasteiger partial charge in [-0.05, 0) is 48.3 Å². The molecule has 0 amide bonds. The van der Waals surface area contributed by atoms with Crippen molar-refractivity contribution in [2.75, 3.05) is 6.61 Å². The van der Waals surface area contributed by atoms with Crippen molar-refractivity contribution in [3.8, 4) is 0 Å². The van der Waals surface area contributed by atoms with Crippen molar-refractivity contribution in [1.82, 2.24) is 0 Å². The molecule has 6 heteroatoms. The maximum Gasteiger partial charge on any atom is 0.303 e. The zero-order valence-electron chi connectivity index (χ0n) is 17.5. The van der Waals surface area contributed by atoms with Crippen molar-refractivity contribution < 1.29 is 28.3 Å². The minimum atomic E-state index is -1.07. The summed E-state index contributed by atoms with van der Waals surface area (Å²) in [4.78, 5) is 49.3. The average Bonchev–Trinajstić information content (AvgIpc) is 2.97. The highest BCUT2D eigenvalue weighted by Crippen LogP contribution is 2.66. The van der Waals surface area contributed by atoms with Crippen molar-refractivity contribution in [2.24, 2.45) is 40.4 Å². The molecule has 4 aliphatic rings. The Hall–Kier alpha value is -1.59. The number of ether oxygens (including phenoxy) is 1. The van der Waals surface area contributed by atoms with Gasteiger partial charge < -0.3 is 4.74 Å². The van der Waals surface area contributed by atoms with Crippen molar-refractivity contribution in [3.63, 3.8) is 0 Å². The van der Waals surface area contributed by atoms with Crippen LogP contribution in [0.1, 0.15) is 65.7 Å². The summed E-state index contributed by atoms with van der Waals surface area (Å²) >= 11 is 0. The molecule has 0 aliphatic heterocycles. The second-order valence-corrected chi connectivity index (χ2v) is 10.4. The summed E-state index contributed by atoms with van der Waals surface area (Å²) in [6.45, 7) is 5.04. The minimum Gasteiger partial charge on any atom is -0.458 e. The summed E-state index contributed by atoms with van der Waals surface area (Å²) < 4.78 is 20.2. The Morgan fingerprint density at radius 3 is 2.55 bits per heavy atom. The number of carbonyl (C=O) groups is 4. The Kier molecular flexibility index (Phi) is 4.98. The molecule has 29 heavy (non-hydrogen) atoms. The van der Waals surface area contributed by atoms with Gasteiger partial charge in [-0.3, -0.25) is 19.2 Å². The molecule has 8 atom stereocenters. The standard InChI is InChI=1S/C23H31FO5/c1-12(25)29-11-20(28)16-5-4-15-14-9-18(24)17-8-13(26)6-7-22(17,2)21(14)19(27)10-23(15,16)3/h14-18,21H,4-11H2,1-3H3/t14-,15-,16+,17-,18+,21+,22-,23-/m0/s1. The summed E-state index contributed by atoms with van der Waals surface area (Å²) in [5.41, 5.74) is -0.961. The molecule has 4 saturated carbocycles. The fourth-order valence-electron chi connectivity index (χ4n) is 7.66. The molecular formula is C23H31FO5. The van der Waals surface area contributed by atoms with Gasteiger partial charge in [0.1, 0.15) is 24.3 Å². The highest BCUT2D eigenvalue weighted by atomic mass is 19.1. The normalized spacial score (nSPS) is 46.5. The number of hydrogen-bond acceptors (Lipinski definition) is 5. The van der Waals surface area contributed by atoms with E-state index in [0.717, 1.165) is 6.42 Å². The van der Waals surface area contributed by atoms with Crippen LogP contribution in [0.5, 0.6) is 0 Å². The molecule has 5 nitrogen and oxygen atoms in total. The molecular weight excluding hydrogens is 375 g/mol. The molecule has 4 aliphatic carbocycles. The van der Waals surface area contributed by atoms with Gasteiger partial charge in [0.2, 0.25) is 0 Å². The Labute approximate surface area is 171 Å². The van der Waals surface area contributed by atoms with Crippen LogP contribution in [0.4, 0.5) is 4.39 Å². The molecule has 4 fully saturated rings. The monoisotopic (exact) mass is 406 g/mol. The van der Waals surface area contributed by atoms with Crippen LogP contribution in [0.25, 0.3) is 0 Å². The molecule has 0 radical (unpaired) electrons. The first-order chi connectivity index (χ1) is 13.6. The number of ketones is 3. The highest BCUT2D eigenvalue weighted by Gasteiger charge is 2.65. The van der Waals surface area contributed by atoms with Crippen molar-refractivity contribution in [1.29, 1.82) is 0 Å². The lowest BCUT2D eigenvalue weighted by Gasteiger charge is -2.59. The van der Waals surface area contributed by atoms with Gasteiger partial charge in [-0.1, -0.05) is 13.8 Å². The second-order valence-electron chi connectivity index (χ2n) is 10.4. The molecule has 0 aromatic rings. The van der Waals surface area contributed by atoms with E-state index in [1.807, 2.05) is 13.8 Å². The Balaban J connectivity index is 1.62. The van der Waals surface area contributed by atoms with Gasteiger partial charge in [0, 0.05) is 43.9 Å². The van der Waals surface area contributed by atoms with Gasteiger partial charge in [-0.2, -0.15) is 0 Å². The first kappa shape index (κ1) is 20.7. The van der Waals surface area contributed by atoms with Crippen LogP contribution in [0, 0.1) is 40.4 Å². The summed E-state index contributed by atoms with van der Waals surface area (Å²) in [6, 6.07) is 0. The molecule has 0 aromatic carbocycles. The lowest BCUT2D eigenvalue weighted by Crippen LogP contribution is -2.60. The minimum absolute atomic E-state index is 0.0720. The van der Waals surface area contributed by atoms with Gasteiger partial charge in [0.15, 0.2) is 5.78 Å². The molecule has 0 N–H and O–H groups in total. The molecule has 4 rings (SSSR count). The first-order valence-electron chi connectivity index (χ1n) is 10.9. The van der Waals surface area contributed by atoms with E-state index in [1.54, 1.807) is 0 Å². The Morgan fingerprint density at radius 2 is 1.86 bits per heavy atom. The van der Waals surface area contributed by atoms with Crippen molar-refractivity contribution in [3.05, 3.63) is 0 Å². The SMILES string of the molecule is CC(=O)OCC(=O)[C@H]1CC[C@H]2[C@@H]3C[C@@H](F)[C@@H]4CC(=O)CC[C@]4(C)[C@H]3C(=O)C[C@]12C. The van der Waals surface area contributed by atoms with Crippen molar-refractivity contribution in [2.45, 2.75) is 71.9 Å². The number of rotatable bonds is 3. The van der Waals surface area contributed by atoms with Crippen LogP contribution in [0.2, 0.25) is 0 Å². The molecule has 160 valence electrons. The molecule has 0 saturated heterocycles. The number of alkyl halides is 1. The van der Waals surface area contributed by atoms with Crippen LogP contribution in [-0.2, 0) is 23.9 Å². The predicted octanol–water partition coefficient (Wildman–Crippen LogP) is 3.47. The smallest absolute Gasteiger partial charge is 0.303 e. The van der Waals surface area contributed by atoms with Gasteiger partial charge in [0.05, 0.1) is 0 Å². The van der Waals surface area contributed by atoms with E-state index in [0.29, 0.717) is 32.1 Å². The maximum absolute atomic E-state index is 15.3. The molecule has 0 spiro atoms. The van der Waals surface area contributed by atoms with Crippen molar-refractivity contribution >= 4 is 23.3 Å². The largest absolute Gasteiger partial charge is 0.458 e. The van der Waals surface area contributed by atoms with Crippen LogP contribution in [-0.4, -0.2) is 36.1 Å². The third kappa shape index (κ3) is 3.09. The van der Waals surface area contributed by atoms with Gasteiger partial charge >= 0.3 is 5.97 Å². The topological polar surface area (TPSA) is 77.5 Å². The van der Waals surface area contributed by atoms with Gasteiger partial charge in [0.25, 0.3) is 0 Å². The van der Waals surface area contributed by atoms with E-state index in [4.69, 9.17) is 4.74 Å².